The van der Waals surface area contributed by atoms with Crippen LogP contribution in [0.4, 0.5) is 11.4 Å². The lowest BCUT2D eigenvalue weighted by Gasteiger charge is -2.45. The van der Waals surface area contributed by atoms with Crippen LogP contribution in [-0.2, 0) is 10.8 Å². The zero-order chi connectivity index (χ0) is 42.0. The average molecular weight is 812 g/mol. The van der Waals surface area contributed by atoms with Gasteiger partial charge in [-0.3, -0.25) is 0 Å². The molecule has 63 heavy (non-hydrogen) atoms. The van der Waals surface area contributed by atoms with Gasteiger partial charge < -0.3 is 9.32 Å². The van der Waals surface area contributed by atoms with Crippen LogP contribution in [0.1, 0.15) is 55.7 Å². The Morgan fingerprint density at radius 3 is 1.92 bits per heavy atom. The van der Waals surface area contributed by atoms with Crippen LogP contribution in [-0.4, -0.2) is 6.04 Å². The molecule has 9 aromatic rings. The topological polar surface area (TPSA) is 16.4 Å². The van der Waals surface area contributed by atoms with Crippen molar-refractivity contribution in [2.75, 3.05) is 4.90 Å². The zero-order valence-corrected chi connectivity index (χ0v) is 35.7. The van der Waals surface area contributed by atoms with Gasteiger partial charge in [-0.1, -0.05) is 207 Å². The fraction of sp³-hybridized carbons (Fsp3) is 0.148. The SMILES string of the molecule is CC1(c2ccccc2-c2ccccc2-c2ccccc2)C=CC=CC1N(c1ccc(-c2cccc3c2oc2ccccc23)cc1)c1cccc2c1-c1ccccc1C21CCCCC1. The summed E-state index contributed by atoms with van der Waals surface area (Å²) in [5.74, 6) is 0. The van der Waals surface area contributed by atoms with E-state index in [4.69, 9.17) is 4.42 Å². The predicted molar refractivity (Wildman–Crippen MR) is 264 cm³/mol. The van der Waals surface area contributed by atoms with E-state index in [-0.39, 0.29) is 11.5 Å². The number of para-hydroxylation sites is 2. The molecular formula is C61H49NO. The molecule has 1 fully saturated rings. The van der Waals surface area contributed by atoms with Crippen molar-refractivity contribution in [1.82, 2.24) is 0 Å². The molecule has 3 aliphatic rings. The van der Waals surface area contributed by atoms with Crippen molar-refractivity contribution in [3.8, 4) is 44.5 Å². The fourth-order valence-electron chi connectivity index (χ4n) is 11.7. The van der Waals surface area contributed by atoms with Gasteiger partial charge in [-0.25, -0.2) is 0 Å². The Labute approximate surface area is 370 Å². The smallest absolute Gasteiger partial charge is 0.143 e. The first-order valence-corrected chi connectivity index (χ1v) is 22.8. The highest BCUT2D eigenvalue weighted by Crippen LogP contribution is 2.59. The lowest BCUT2D eigenvalue weighted by atomic mass is 9.67. The van der Waals surface area contributed by atoms with Crippen LogP contribution >= 0.6 is 0 Å². The van der Waals surface area contributed by atoms with Gasteiger partial charge in [0, 0.05) is 44.1 Å². The molecule has 2 unspecified atom stereocenters. The summed E-state index contributed by atoms with van der Waals surface area (Å²) in [6.45, 7) is 2.45. The van der Waals surface area contributed by atoms with E-state index < -0.39 is 5.41 Å². The normalized spacial score (nSPS) is 18.5. The summed E-state index contributed by atoms with van der Waals surface area (Å²) in [5, 5.41) is 2.29. The first kappa shape index (κ1) is 37.6. The molecule has 1 spiro atoms. The second-order valence-corrected chi connectivity index (χ2v) is 18.0. The van der Waals surface area contributed by atoms with E-state index in [1.807, 2.05) is 6.07 Å². The highest BCUT2D eigenvalue weighted by molar-refractivity contribution is 6.09. The van der Waals surface area contributed by atoms with Gasteiger partial charge in [-0.15, -0.1) is 0 Å². The summed E-state index contributed by atoms with van der Waals surface area (Å²) in [4.78, 5) is 2.67. The fourth-order valence-corrected chi connectivity index (χ4v) is 11.7. The second-order valence-electron chi connectivity index (χ2n) is 18.0. The van der Waals surface area contributed by atoms with E-state index in [0.717, 1.165) is 38.8 Å². The van der Waals surface area contributed by atoms with Gasteiger partial charge in [0.2, 0.25) is 0 Å². The first-order valence-electron chi connectivity index (χ1n) is 22.8. The molecule has 0 radical (unpaired) electrons. The Kier molecular flexibility index (Phi) is 8.97. The van der Waals surface area contributed by atoms with Crippen molar-refractivity contribution in [2.45, 2.75) is 55.9 Å². The van der Waals surface area contributed by atoms with Gasteiger partial charge >= 0.3 is 0 Å². The number of anilines is 2. The van der Waals surface area contributed by atoms with Gasteiger partial charge in [-0.2, -0.15) is 0 Å². The summed E-state index contributed by atoms with van der Waals surface area (Å²) >= 11 is 0. The Morgan fingerprint density at radius 2 is 1.10 bits per heavy atom. The Balaban J connectivity index is 1.06. The van der Waals surface area contributed by atoms with Crippen LogP contribution in [0.3, 0.4) is 0 Å². The molecule has 2 nitrogen and oxygen atoms in total. The van der Waals surface area contributed by atoms with Gasteiger partial charge in [0.15, 0.2) is 0 Å². The van der Waals surface area contributed by atoms with Crippen molar-refractivity contribution in [3.05, 3.63) is 229 Å². The molecule has 3 aliphatic carbocycles. The number of hydrogen-bond acceptors (Lipinski definition) is 2. The molecule has 304 valence electrons. The second kappa shape index (κ2) is 15.0. The maximum absolute atomic E-state index is 6.55. The maximum atomic E-state index is 6.55. The Morgan fingerprint density at radius 1 is 0.476 bits per heavy atom. The molecular weight excluding hydrogens is 763 g/mol. The third-order valence-electron chi connectivity index (χ3n) is 14.6. The van der Waals surface area contributed by atoms with Crippen LogP contribution in [0, 0.1) is 0 Å². The molecule has 1 heterocycles. The van der Waals surface area contributed by atoms with Crippen LogP contribution in [0.5, 0.6) is 0 Å². The van der Waals surface area contributed by atoms with E-state index in [0.29, 0.717) is 0 Å². The van der Waals surface area contributed by atoms with Crippen molar-refractivity contribution in [2.24, 2.45) is 0 Å². The highest BCUT2D eigenvalue weighted by atomic mass is 16.3. The molecule has 0 amide bonds. The largest absolute Gasteiger partial charge is 0.455 e. The van der Waals surface area contributed by atoms with Crippen LogP contribution in [0.2, 0.25) is 0 Å². The van der Waals surface area contributed by atoms with E-state index in [1.54, 1.807) is 0 Å². The third-order valence-corrected chi connectivity index (χ3v) is 14.6. The zero-order valence-electron chi connectivity index (χ0n) is 35.7. The van der Waals surface area contributed by atoms with Crippen molar-refractivity contribution in [1.29, 1.82) is 0 Å². The number of benzene rings is 8. The van der Waals surface area contributed by atoms with Gasteiger partial charge in [0.1, 0.15) is 11.2 Å². The van der Waals surface area contributed by atoms with Gasteiger partial charge in [-0.05, 0) is 94.1 Å². The van der Waals surface area contributed by atoms with Crippen molar-refractivity contribution in [3.63, 3.8) is 0 Å². The van der Waals surface area contributed by atoms with E-state index >= 15 is 0 Å². The van der Waals surface area contributed by atoms with Gasteiger partial charge in [0.25, 0.3) is 0 Å². The molecule has 1 aromatic heterocycles. The quantitative estimate of drug-likeness (QED) is 0.159. The Hall–Kier alpha value is -7.16. The minimum absolute atomic E-state index is 0.0420. The monoisotopic (exact) mass is 811 g/mol. The number of nitrogens with zero attached hydrogens (tertiary/aromatic N) is 1. The molecule has 1 saturated carbocycles. The molecule has 0 bridgehead atoms. The molecule has 0 N–H and O–H groups in total. The average Bonchev–Trinajstić information content (AvgIpc) is 3.87. The van der Waals surface area contributed by atoms with E-state index in [2.05, 4.69) is 218 Å². The predicted octanol–water partition coefficient (Wildman–Crippen LogP) is 16.4. The number of furan rings is 1. The third kappa shape index (κ3) is 5.92. The molecule has 0 aliphatic heterocycles. The summed E-state index contributed by atoms with van der Waals surface area (Å²) in [5.41, 5.74) is 18.1. The first-order chi connectivity index (χ1) is 31.1. The minimum Gasteiger partial charge on any atom is -0.455 e. The number of allylic oxidation sites excluding steroid dienone is 2. The van der Waals surface area contributed by atoms with Gasteiger partial charge in [0.05, 0.1) is 6.04 Å². The Bertz CT molecular complexity index is 3230. The number of rotatable bonds is 7. The lowest BCUT2D eigenvalue weighted by Crippen LogP contribution is -2.46. The minimum atomic E-state index is -0.433. The molecule has 2 atom stereocenters. The van der Waals surface area contributed by atoms with Crippen LogP contribution in [0.15, 0.2) is 217 Å². The van der Waals surface area contributed by atoms with Crippen LogP contribution in [0.25, 0.3) is 66.4 Å². The van der Waals surface area contributed by atoms with Crippen LogP contribution < -0.4 is 4.90 Å². The summed E-state index contributed by atoms with van der Waals surface area (Å²) in [6, 6.07) is 69.4. The van der Waals surface area contributed by atoms with E-state index in [9.17, 15) is 0 Å². The molecule has 2 heteroatoms. The standard InChI is InChI=1S/C61H49NO/c1-60(52-29-11-8-24-48(52)47-23-7-6-22-45(47)42-20-4-2-5-21-42)39-17-14-34-57(60)62(55-32-19-31-54-58(55)51-26-9-12-30-53(51)61(54)40-15-3-16-41-61)44-37-35-43(36-38-44)46-27-18-28-50-49-25-10-13-33-56(49)63-59(46)50/h2,4-14,17-39,57H,3,15-16,40-41H2,1H3. The molecule has 0 saturated heterocycles. The summed E-state index contributed by atoms with van der Waals surface area (Å²) < 4.78 is 6.55. The lowest BCUT2D eigenvalue weighted by molar-refractivity contribution is 0.353. The van der Waals surface area contributed by atoms with E-state index in [1.165, 1.54) is 87.9 Å². The highest BCUT2D eigenvalue weighted by Gasteiger charge is 2.47. The molecule has 8 aromatic carbocycles. The number of hydrogen-bond donors (Lipinski definition) is 0. The van der Waals surface area contributed by atoms with Crippen molar-refractivity contribution < 1.29 is 4.42 Å². The summed E-state index contributed by atoms with van der Waals surface area (Å²) in [7, 11) is 0. The summed E-state index contributed by atoms with van der Waals surface area (Å²) in [6.07, 6.45) is 15.6. The molecule has 12 rings (SSSR count). The maximum Gasteiger partial charge on any atom is 0.143 e. The van der Waals surface area contributed by atoms with Crippen molar-refractivity contribution >= 4 is 33.3 Å². The number of fused-ring (bicyclic) bond motifs is 8.